The Morgan fingerprint density at radius 3 is 2.13 bits per heavy atom. The Morgan fingerprint density at radius 2 is 1.87 bits per heavy atom. The number of rotatable bonds is 2. The number of aromatic hydroxyl groups is 1. The van der Waals surface area contributed by atoms with E-state index in [0.717, 1.165) is 11.8 Å². The van der Waals surface area contributed by atoms with Crippen LogP contribution in [0.2, 0.25) is 0 Å². The number of methoxy groups -OCH3 is 1. The Bertz CT molecular complexity index is 295. The van der Waals surface area contributed by atoms with E-state index in [1.54, 1.807) is 31.4 Å². The predicted molar refractivity (Wildman–Crippen MR) is 49.9 cm³/mol. The minimum atomic E-state index is -1.23. The van der Waals surface area contributed by atoms with E-state index in [4.69, 9.17) is 19.7 Å². The van der Waals surface area contributed by atoms with Crippen LogP contribution in [0.3, 0.4) is 0 Å². The van der Waals surface area contributed by atoms with Crippen LogP contribution in [0.4, 0.5) is 0 Å². The number of phenolic OH excluding ortho intramolecular Hbond substituents is 1. The molecule has 1 N–H and O–H groups in total. The van der Waals surface area contributed by atoms with Gasteiger partial charge in [-0.25, -0.2) is 0 Å². The minimum Gasteiger partial charge on any atom is -0.545 e. The first-order valence-corrected chi connectivity index (χ1v) is 3.76. The Kier molecular flexibility index (Phi) is 10.5. The van der Waals surface area contributed by atoms with Crippen molar-refractivity contribution in [2.24, 2.45) is 0 Å². The summed E-state index contributed by atoms with van der Waals surface area (Å²) in [5, 5.41) is 17.9. The largest absolute Gasteiger partial charge is 1.00 e. The molecule has 0 aliphatic heterocycles. The molecule has 1 aromatic carbocycles. The number of hydrogen-bond acceptors (Lipinski definition) is 4. The average molecular weight is 218 g/mol. The van der Waals surface area contributed by atoms with Gasteiger partial charge in [-0.1, -0.05) is 6.58 Å². The fourth-order valence-electron chi connectivity index (χ4n) is 0.582. The second kappa shape index (κ2) is 9.58. The van der Waals surface area contributed by atoms with Crippen molar-refractivity contribution in [2.75, 3.05) is 7.11 Å². The fourth-order valence-corrected chi connectivity index (χ4v) is 0.582. The standard InChI is InChI=1S/C7H8O2.C3H4O2.Na/c1-9-7-4-2-6(8)3-5-7;1-2-3(4)5;/h2-5,8H,1H3;2H,1H2,(H,4,5);/q;;+1/p-1. The van der Waals surface area contributed by atoms with Gasteiger partial charge in [-0.05, 0) is 30.3 Å². The van der Waals surface area contributed by atoms with Crippen LogP contribution in [0.5, 0.6) is 11.5 Å². The smallest absolute Gasteiger partial charge is 0.545 e. The molecule has 0 aliphatic rings. The van der Waals surface area contributed by atoms with Crippen molar-refractivity contribution in [1.29, 1.82) is 0 Å². The molecule has 0 amide bonds. The zero-order chi connectivity index (χ0) is 11.0. The van der Waals surface area contributed by atoms with Crippen LogP contribution in [0.1, 0.15) is 0 Å². The average Bonchev–Trinajstić information content (AvgIpc) is 2.20. The van der Waals surface area contributed by atoms with Crippen LogP contribution in [0.25, 0.3) is 0 Å². The quantitative estimate of drug-likeness (QED) is 0.434. The monoisotopic (exact) mass is 218 g/mol. The molecule has 0 aliphatic carbocycles. The molecule has 4 nitrogen and oxygen atoms in total. The topological polar surface area (TPSA) is 69.6 Å². The van der Waals surface area contributed by atoms with Gasteiger partial charge in [-0.15, -0.1) is 0 Å². The van der Waals surface area contributed by atoms with Crippen molar-refractivity contribution < 1.29 is 49.3 Å². The van der Waals surface area contributed by atoms with Gasteiger partial charge < -0.3 is 19.7 Å². The number of carbonyl (C=O) groups is 1. The van der Waals surface area contributed by atoms with E-state index >= 15 is 0 Å². The van der Waals surface area contributed by atoms with Crippen LogP contribution in [-0.4, -0.2) is 18.2 Å². The van der Waals surface area contributed by atoms with E-state index in [0.29, 0.717) is 0 Å². The molecule has 1 rings (SSSR count). The van der Waals surface area contributed by atoms with Crippen LogP contribution in [-0.2, 0) is 4.79 Å². The molecule has 0 heterocycles. The number of carboxylic acids is 1. The molecule has 0 saturated carbocycles. The van der Waals surface area contributed by atoms with Crippen LogP contribution >= 0.6 is 0 Å². The van der Waals surface area contributed by atoms with Gasteiger partial charge in [0.25, 0.3) is 0 Å². The normalized spacial score (nSPS) is 7.53. The van der Waals surface area contributed by atoms with Gasteiger partial charge in [0.15, 0.2) is 0 Å². The summed E-state index contributed by atoms with van der Waals surface area (Å²) in [4.78, 5) is 9.14. The number of benzene rings is 1. The number of aliphatic carboxylic acids is 1. The van der Waals surface area contributed by atoms with E-state index in [1.807, 2.05) is 0 Å². The van der Waals surface area contributed by atoms with Crippen molar-refractivity contribution in [3.05, 3.63) is 36.9 Å². The Morgan fingerprint density at radius 1 is 1.47 bits per heavy atom. The molecular weight excluding hydrogens is 207 g/mol. The first-order chi connectivity index (χ1) is 6.60. The van der Waals surface area contributed by atoms with Gasteiger partial charge in [-0.3, -0.25) is 0 Å². The van der Waals surface area contributed by atoms with Crippen LogP contribution in [0.15, 0.2) is 36.9 Å². The van der Waals surface area contributed by atoms with Crippen molar-refractivity contribution in [3.8, 4) is 11.5 Å². The predicted octanol–water partition coefficient (Wildman–Crippen LogP) is -2.67. The number of hydrogen-bond donors (Lipinski definition) is 1. The molecule has 0 spiro atoms. The molecule has 0 radical (unpaired) electrons. The van der Waals surface area contributed by atoms with E-state index in [1.165, 1.54) is 0 Å². The number of carboxylic acid groups (broad SMARTS) is 1. The molecule has 0 bridgehead atoms. The van der Waals surface area contributed by atoms with E-state index < -0.39 is 5.97 Å². The minimum absolute atomic E-state index is 0. The first-order valence-electron chi connectivity index (χ1n) is 3.76. The van der Waals surface area contributed by atoms with Crippen LogP contribution in [0, 0.1) is 0 Å². The van der Waals surface area contributed by atoms with Gasteiger partial charge in [0.1, 0.15) is 11.5 Å². The Hall–Kier alpha value is -0.970. The molecule has 0 fully saturated rings. The van der Waals surface area contributed by atoms with Crippen LogP contribution < -0.4 is 39.4 Å². The number of carbonyl (C=O) groups excluding carboxylic acids is 1. The maximum atomic E-state index is 9.14. The van der Waals surface area contributed by atoms with E-state index in [-0.39, 0.29) is 35.3 Å². The summed E-state index contributed by atoms with van der Waals surface area (Å²) in [5.74, 6) is -0.214. The molecule has 0 atom stereocenters. The van der Waals surface area contributed by atoms with Crippen molar-refractivity contribution >= 4 is 5.97 Å². The summed E-state index contributed by atoms with van der Waals surface area (Å²) < 4.78 is 4.86. The first kappa shape index (κ1) is 16.5. The summed E-state index contributed by atoms with van der Waals surface area (Å²) >= 11 is 0. The summed E-state index contributed by atoms with van der Waals surface area (Å²) in [6.07, 6.45) is 0.722. The Balaban J connectivity index is 0. The van der Waals surface area contributed by atoms with Gasteiger partial charge >= 0.3 is 29.6 Å². The van der Waals surface area contributed by atoms with Crippen molar-refractivity contribution in [2.45, 2.75) is 0 Å². The molecule has 0 saturated heterocycles. The third-order valence-electron chi connectivity index (χ3n) is 1.24. The second-order valence-electron chi connectivity index (χ2n) is 2.22. The molecule has 76 valence electrons. The maximum Gasteiger partial charge on any atom is 1.00 e. The van der Waals surface area contributed by atoms with Crippen molar-refractivity contribution in [3.63, 3.8) is 0 Å². The molecule has 5 heteroatoms. The van der Waals surface area contributed by atoms with Gasteiger partial charge in [0, 0.05) is 0 Å². The van der Waals surface area contributed by atoms with Gasteiger partial charge in [-0.2, -0.15) is 0 Å². The Labute approximate surface area is 110 Å². The molecule has 0 aromatic heterocycles. The van der Waals surface area contributed by atoms with E-state index in [2.05, 4.69) is 6.58 Å². The molecule has 15 heavy (non-hydrogen) atoms. The molecule has 0 unspecified atom stereocenters. The third-order valence-corrected chi connectivity index (χ3v) is 1.24. The fraction of sp³-hybridized carbons (Fsp3) is 0.100. The SMILES string of the molecule is C=CC(=O)[O-].COc1ccc(O)cc1.[Na+]. The molecular formula is C10H11NaO4. The van der Waals surface area contributed by atoms with Gasteiger partial charge in [0.2, 0.25) is 0 Å². The second-order valence-corrected chi connectivity index (χ2v) is 2.22. The summed E-state index contributed by atoms with van der Waals surface area (Å²) in [7, 11) is 1.59. The van der Waals surface area contributed by atoms with Gasteiger partial charge in [0.05, 0.1) is 13.1 Å². The summed E-state index contributed by atoms with van der Waals surface area (Å²) in [5.41, 5.74) is 0. The molecule has 1 aromatic rings. The number of ether oxygens (including phenoxy) is 1. The maximum absolute atomic E-state index is 9.14. The van der Waals surface area contributed by atoms with E-state index in [9.17, 15) is 0 Å². The zero-order valence-electron chi connectivity index (χ0n) is 8.77. The summed E-state index contributed by atoms with van der Waals surface area (Å²) in [6.45, 7) is 2.90. The third kappa shape index (κ3) is 9.34. The zero-order valence-corrected chi connectivity index (χ0v) is 10.8. The number of phenols is 1. The van der Waals surface area contributed by atoms with Crippen molar-refractivity contribution in [1.82, 2.24) is 0 Å². The summed E-state index contributed by atoms with van der Waals surface area (Å²) in [6, 6.07) is 6.57.